The zero-order valence-electron chi connectivity index (χ0n) is 17.6. The number of likely N-dealkylation sites (tertiary alicyclic amines) is 2. The highest BCUT2D eigenvalue weighted by Gasteiger charge is 2.27. The SMILES string of the molecule is CN=C(NCCN1CCCC(C)C1)N1CCC(NC(=O)OC(C)(C)C)C1.I. The first-order valence-electron chi connectivity index (χ1n) is 9.94. The molecule has 2 rings (SSSR count). The van der Waals surface area contributed by atoms with Gasteiger partial charge in [-0.05, 0) is 52.5 Å². The van der Waals surface area contributed by atoms with Crippen LogP contribution < -0.4 is 10.6 Å². The van der Waals surface area contributed by atoms with E-state index in [0.29, 0.717) is 0 Å². The van der Waals surface area contributed by atoms with Gasteiger partial charge >= 0.3 is 6.09 Å². The molecule has 0 saturated carbocycles. The summed E-state index contributed by atoms with van der Waals surface area (Å²) in [7, 11) is 1.82. The Bertz CT molecular complexity index is 495. The van der Waals surface area contributed by atoms with Crippen LogP contribution in [0.5, 0.6) is 0 Å². The van der Waals surface area contributed by atoms with Crippen LogP contribution in [0.25, 0.3) is 0 Å². The number of hydrogen-bond acceptors (Lipinski definition) is 4. The fourth-order valence-electron chi connectivity index (χ4n) is 3.69. The summed E-state index contributed by atoms with van der Waals surface area (Å²) in [5.74, 6) is 1.73. The number of hydrogen-bond donors (Lipinski definition) is 2. The molecule has 27 heavy (non-hydrogen) atoms. The highest BCUT2D eigenvalue weighted by Crippen LogP contribution is 2.15. The minimum absolute atomic E-state index is 0. The minimum atomic E-state index is -0.466. The molecule has 2 unspecified atom stereocenters. The van der Waals surface area contributed by atoms with Crippen molar-refractivity contribution in [3.8, 4) is 0 Å². The number of amides is 1. The van der Waals surface area contributed by atoms with Crippen molar-refractivity contribution >= 4 is 36.0 Å². The molecular weight excluding hydrogens is 457 g/mol. The van der Waals surface area contributed by atoms with E-state index in [0.717, 1.165) is 44.5 Å². The molecule has 0 aromatic carbocycles. The molecule has 158 valence electrons. The standard InChI is InChI=1S/C19H37N5O2.HI/c1-15-7-6-10-23(13-15)12-9-21-17(20-5)24-11-8-16(14-24)22-18(25)26-19(2,3)4;/h15-16H,6-14H2,1-5H3,(H,20,21)(H,22,25);1H. The van der Waals surface area contributed by atoms with Crippen molar-refractivity contribution in [3.63, 3.8) is 0 Å². The number of piperidine rings is 1. The summed E-state index contributed by atoms with van der Waals surface area (Å²) in [5, 5.41) is 6.44. The molecule has 2 aliphatic rings. The summed E-state index contributed by atoms with van der Waals surface area (Å²) < 4.78 is 5.34. The fourth-order valence-corrected chi connectivity index (χ4v) is 3.69. The molecule has 0 radical (unpaired) electrons. The Labute approximate surface area is 181 Å². The van der Waals surface area contributed by atoms with Crippen LogP contribution in [-0.2, 0) is 4.74 Å². The van der Waals surface area contributed by atoms with E-state index >= 15 is 0 Å². The molecule has 0 aromatic rings. The van der Waals surface area contributed by atoms with E-state index in [4.69, 9.17) is 4.74 Å². The number of ether oxygens (including phenoxy) is 1. The second kappa shape index (κ2) is 11.3. The van der Waals surface area contributed by atoms with Crippen molar-refractivity contribution in [2.75, 3.05) is 46.3 Å². The number of nitrogens with one attached hydrogen (secondary N) is 2. The molecule has 2 saturated heterocycles. The number of alkyl carbamates (subject to hydrolysis) is 1. The molecule has 2 aliphatic heterocycles. The summed E-state index contributed by atoms with van der Waals surface area (Å²) >= 11 is 0. The second-order valence-corrected chi connectivity index (χ2v) is 8.60. The van der Waals surface area contributed by atoms with Gasteiger partial charge in [0.15, 0.2) is 5.96 Å². The summed E-state index contributed by atoms with van der Waals surface area (Å²) in [5.41, 5.74) is -0.466. The van der Waals surface area contributed by atoms with Crippen molar-refractivity contribution in [1.82, 2.24) is 20.4 Å². The first-order valence-corrected chi connectivity index (χ1v) is 9.94. The van der Waals surface area contributed by atoms with Gasteiger partial charge in [0, 0.05) is 39.8 Å². The van der Waals surface area contributed by atoms with Crippen LogP contribution in [0, 0.1) is 5.92 Å². The van der Waals surface area contributed by atoms with Crippen LogP contribution in [0.4, 0.5) is 4.79 Å². The van der Waals surface area contributed by atoms with E-state index < -0.39 is 5.60 Å². The third-order valence-electron chi connectivity index (χ3n) is 4.87. The van der Waals surface area contributed by atoms with Crippen LogP contribution in [0.2, 0.25) is 0 Å². The largest absolute Gasteiger partial charge is 0.444 e. The zero-order chi connectivity index (χ0) is 19.2. The fraction of sp³-hybridized carbons (Fsp3) is 0.895. The van der Waals surface area contributed by atoms with E-state index in [1.54, 1.807) is 0 Å². The highest BCUT2D eigenvalue weighted by molar-refractivity contribution is 14.0. The zero-order valence-corrected chi connectivity index (χ0v) is 19.9. The van der Waals surface area contributed by atoms with Crippen LogP contribution in [0.15, 0.2) is 4.99 Å². The molecule has 2 atom stereocenters. The minimum Gasteiger partial charge on any atom is -0.444 e. The Kier molecular flexibility index (Phi) is 10.1. The number of carbonyl (C=O) groups is 1. The Hall–Kier alpha value is -0.770. The normalized spacial score (nSPS) is 24.3. The monoisotopic (exact) mass is 495 g/mol. The average Bonchev–Trinajstić information content (AvgIpc) is 2.98. The summed E-state index contributed by atoms with van der Waals surface area (Å²) in [6.45, 7) is 14.0. The molecule has 2 fully saturated rings. The Morgan fingerprint density at radius 2 is 1.96 bits per heavy atom. The maximum Gasteiger partial charge on any atom is 0.407 e. The van der Waals surface area contributed by atoms with Gasteiger partial charge in [-0.25, -0.2) is 4.79 Å². The molecule has 0 bridgehead atoms. The molecule has 8 heteroatoms. The number of nitrogens with zero attached hydrogens (tertiary/aromatic N) is 3. The van der Waals surface area contributed by atoms with Gasteiger partial charge in [0.2, 0.25) is 0 Å². The lowest BCUT2D eigenvalue weighted by Crippen LogP contribution is -2.46. The number of aliphatic imine (C=N–C) groups is 1. The van der Waals surface area contributed by atoms with E-state index in [1.807, 2.05) is 27.8 Å². The third-order valence-corrected chi connectivity index (χ3v) is 4.87. The van der Waals surface area contributed by atoms with Crippen LogP contribution in [0.3, 0.4) is 0 Å². The molecule has 2 N–H and O–H groups in total. The molecule has 7 nitrogen and oxygen atoms in total. The predicted octanol–water partition coefficient (Wildman–Crippen LogP) is 2.51. The van der Waals surface area contributed by atoms with Crippen LogP contribution in [-0.4, -0.2) is 79.8 Å². The van der Waals surface area contributed by atoms with E-state index in [9.17, 15) is 4.79 Å². The van der Waals surface area contributed by atoms with Crippen molar-refractivity contribution in [1.29, 1.82) is 0 Å². The number of guanidine groups is 1. The molecule has 1 amide bonds. The molecule has 0 aromatic heterocycles. The lowest BCUT2D eigenvalue weighted by molar-refractivity contribution is 0.0507. The summed E-state index contributed by atoms with van der Waals surface area (Å²) in [6, 6.07) is 0.103. The Balaban J connectivity index is 0.00000364. The number of rotatable bonds is 4. The van der Waals surface area contributed by atoms with E-state index in [1.165, 1.54) is 25.9 Å². The van der Waals surface area contributed by atoms with Gasteiger partial charge in [-0.1, -0.05) is 6.92 Å². The average molecular weight is 495 g/mol. The van der Waals surface area contributed by atoms with Gasteiger partial charge in [-0.15, -0.1) is 24.0 Å². The topological polar surface area (TPSA) is 69.2 Å². The van der Waals surface area contributed by atoms with Crippen LogP contribution >= 0.6 is 24.0 Å². The molecule has 2 heterocycles. The Morgan fingerprint density at radius 3 is 2.59 bits per heavy atom. The second-order valence-electron chi connectivity index (χ2n) is 8.60. The van der Waals surface area contributed by atoms with E-state index in [-0.39, 0.29) is 36.1 Å². The maximum atomic E-state index is 11.9. The van der Waals surface area contributed by atoms with E-state index in [2.05, 4.69) is 32.3 Å². The van der Waals surface area contributed by atoms with Gasteiger partial charge in [0.1, 0.15) is 5.60 Å². The van der Waals surface area contributed by atoms with Crippen molar-refractivity contribution in [3.05, 3.63) is 0 Å². The first-order chi connectivity index (χ1) is 12.3. The van der Waals surface area contributed by atoms with Gasteiger partial charge in [0.05, 0.1) is 6.04 Å². The quantitative estimate of drug-likeness (QED) is 0.357. The van der Waals surface area contributed by atoms with Crippen molar-refractivity contribution < 1.29 is 9.53 Å². The maximum absolute atomic E-state index is 11.9. The predicted molar refractivity (Wildman–Crippen MR) is 121 cm³/mol. The van der Waals surface area contributed by atoms with Crippen LogP contribution in [0.1, 0.15) is 47.0 Å². The lowest BCUT2D eigenvalue weighted by atomic mass is 10.0. The highest BCUT2D eigenvalue weighted by atomic mass is 127. The first kappa shape index (κ1) is 24.3. The van der Waals surface area contributed by atoms with Gasteiger partial charge < -0.3 is 25.2 Å². The van der Waals surface area contributed by atoms with Crippen molar-refractivity contribution in [2.24, 2.45) is 10.9 Å². The van der Waals surface area contributed by atoms with Crippen molar-refractivity contribution in [2.45, 2.75) is 58.6 Å². The number of carbonyl (C=O) groups excluding carboxylic acids is 1. The molecule has 0 spiro atoms. The molecule has 0 aliphatic carbocycles. The summed E-state index contributed by atoms with van der Waals surface area (Å²) in [6.07, 6.45) is 3.22. The van der Waals surface area contributed by atoms with Gasteiger partial charge in [0.25, 0.3) is 0 Å². The smallest absolute Gasteiger partial charge is 0.407 e. The van der Waals surface area contributed by atoms with Gasteiger partial charge in [-0.3, -0.25) is 4.99 Å². The summed E-state index contributed by atoms with van der Waals surface area (Å²) in [4.78, 5) is 21.1. The Morgan fingerprint density at radius 1 is 1.22 bits per heavy atom. The lowest BCUT2D eigenvalue weighted by Gasteiger charge is -2.31. The number of halogens is 1. The molecular formula is C19H38IN5O2. The van der Waals surface area contributed by atoms with Gasteiger partial charge in [-0.2, -0.15) is 0 Å². The third kappa shape index (κ3) is 8.85.